The van der Waals surface area contributed by atoms with E-state index in [-0.39, 0.29) is 23.4 Å². The highest BCUT2D eigenvalue weighted by molar-refractivity contribution is 5.72. The van der Waals surface area contributed by atoms with Crippen molar-refractivity contribution in [2.24, 2.45) is 29.1 Å². The number of carbonyl (C=O) groups excluding carboxylic acids is 1. The van der Waals surface area contributed by atoms with Gasteiger partial charge in [0.05, 0.1) is 17.4 Å². The molecule has 0 spiro atoms. The number of nitrogens with zero attached hydrogens (tertiary/aromatic N) is 1. The molecule has 3 saturated carbocycles. The van der Waals surface area contributed by atoms with Gasteiger partial charge >= 0.3 is 5.97 Å². The molecule has 3 nitrogen and oxygen atoms in total. The normalized spacial score (nSPS) is 31.0. The van der Waals surface area contributed by atoms with Crippen LogP contribution < -0.4 is 0 Å². The first-order chi connectivity index (χ1) is 19.6. The molecule has 0 bridgehead atoms. The zero-order valence-corrected chi connectivity index (χ0v) is 26.7. The van der Waals surface area contributed by atoms with Gasteiger partial charge in [0, 0.05) is 0 Å². The minimum atomic E-state index is -0.167. The molecular weight excluding hydrogens is 490 g/mol. The Morgan fingerprint density at radius 3 is 1.73 bits per heavy atom. The van der Waals surface area contributed by atoms with E-state index in [0.29, 0.717) is 0 Å². The molecule has 3 fully saturated rings. The van der Waals surface area contributed by atoms with Crippen LogP contribution in [0.4, 0.5) is 0 Å². The van der Waals surface area contributed by atoms with Crippen molar-refractivity contribution in [1.82, 2.24) is 0 Å². The summed E-state index contributed by atoms with van der Waals surface area (Å²) in [6.45, 7) is 4.54. The van der Waals surface area contributed by atoms with Gasteiger partial charge in [0.2, 0.25) is 0 Å². The summed E-state index contributed by atoms with van der Waals surface area (Å²) in [5.41, 5.74) is -0.167. The van der Waals surface area contributed by atoms with Crippen LogP contribution in [-0.4, -0.2) is 12.1 Å². The summed E-state index contributed by atoms with van der Waals surface area (Å²) >= 11 is 0. The standard InChI is InChI=1S/C37H65NO2/c1-3-5-7-9-10-11-12-14-16-31-17-19-32(20-18-31)33-21-23-34(24-22-33)36(39)40-35-25-28-37(30-38,29-26-35)27-15-13-8-6-4-2/h31-35H,3-29H2,1-2H3. The molecule has 0 heterocycles. The predicted octanol–water partition coefficient (Wildman–Crippen LogP) is 11.5. The SMILES string of the molecule is CCCCCCCCCCC1CCC(C2CCC(C(=O)OC3CCC(C#N)(CCCCCCC)CC3)CC2)CC1. The molecule has 0 unspecified atom stereocenters. The molecule has 40 heavy (non-hydrogen) atoms. The van der Waals surface area contributed by atoms with Gasteiger partial charge in [-0.3, -0.25) is 4.79 Å². The van der Waals surface area contributed by atoms with Gasteiger partial charge in [-0.15, -0.1) is 0 Å². The topological polar surface area (TPSA) is 50.1 Å². The number of hydrogen-bond acceptors (Lipinski definition) is 3. The average Bonchev–Trinajstić information content (AvgIpc) is 3.00. The van der Waals surface area contributed by atoms with E-state index in [2.05, 4.69) is 19.9 Å². The second kappa shape index (κ2) is 19.2. The third-order valence-electron chi connectivity index (χ3n) is 11.3. The summed E-state index contributed by atoms with van der Waals surface area (Å²) < 4.78 is 6.05. The lowest BCUT2D eigenvalue weighted by Gasteiger charge is -2.38. The largest absolute Gasteiger partial charge is 0.462 e. The molecule has 0 aromatic heterocycles. The second-order valence-corrected chi connectivity index (χ2v) is 14.3. The highest BCUT2D eigenvalue weighted by Crippen LogP contribution is 2.44. The molecule has 0 saturated heterocycles. The van der Waals surface area contributed by atoms with Crippen molar-refractivity contribution >= 4 is 5.97 Å². The Morgan fingerprint density at radius 2 is 1.18 bits per heavy atom. The number of rotatable bonds is 18. The molecule has 3 rings (SSSR count). The van der Waals surface area contributed by atoms with Gasteiger partial charge in [-0.1, -0.05) is 117 Å². The fourth-order valence-electron chi connectivity index (χ4n) is 8.35. The summed E-state index contributed by atoms with van der Waals surface area (Å²) in [6.07, 6.45) is 34.1. The molecule has 0 radical (unpaired) electrons. The second-order valence-electron chi connectivity index (χ2n) is 14.3. The summed E-state index contributed by atoms with van der Waals surface area (Å²) in [7, 11) is 0. The molecule has 0 atom stereocenters. The Kier molecular flexibility index (Phi) is 16.1. The smallest absolute Gasteiger partial charge is 0.309 e. The Hall–Kier alpha value is -1.04. The van der Waals surface area contributed by atoms with Crippen LogP contribution in [-0.2, 0) is 9.53 Å². The van der Waals surface area contributed by atoms with Crippen LogP contribution >= 0.6 is 0 Å². The Balaban J connectivity index is 1.24. The molecule has 0 aliphatic heterocycles. The highest BCUT2D eigenvalue weighted by atomic mass is 16.5. The molecule has 0 aromatic carbocycles. The molecule has 0 amide bonds. The Labute approximate surface area is 249 Å². The van der Waals surface area contributed by atoms with Crippen molar-refractivity contribution in [1.29, 1.82) is 5.26 Å². The van der Waals surface area contributed by atoms with Crippen molar-refractivity contribution in [3.05, 3.63) is 0 Å². The van der Waals surface area contributed by atoms with Gasteiger partial charge in [0.1, 0.15) is 6.10 Å². The number of nitriles is 1. The van der Waals surface area contributed by atoms with E-state index in [1.807, 2.05) is 0 Å². The monoisotopic (exact) mass is 556 g/mol. The number of hydrogen-bond donors (Lipinski definition) is 0. The molecule has 3 aliphatic rings. The lowest BCUT2D eigenvalue weighted by atomic mass is 9.68. The van der Waals surface area contributed by atoms with Crippen LogP contribution in [0, 0.1) is 40.4 Å². The van der Waals surface area contributed by atoms with E-state index in [4.69, 9.17) is 4.74 Å². The molecule has 3 heteroatoms. The van der Waals surface area contributed by atoms with E-state index in [0.717, 1.165) is 62.7 Å². The Morgan fingerprint density at radius 1 is 0.675 bits per heavy atom. The van der Waals surface area contributed by atoms with Crippen LogP contribution in [0.5, 0.6) is 0 Å². The van der Waals surface area contributed by atoms with E-state index in [1.54, 1.807) is 0 Å². The van der Waals surface area contributed by atoms with Gasteiger partial charge in [-0.25, -0.2) is 0 Å². The van der Waals surface area contributed by atoms with Crippen molar-refractivity contribution < 1.29 is 9.53 Å². The molecule has 0 N–H and O–H groups in total. The minimum absolute atomic E-state index is 0.0446. The third-order valence-corrected chi connectivity index (χ3v) is 11.3. The molecule has 0 aromatic rings. The number of carbonyl (C=O) groups is 1. The van der Waals surface area contributed by atoms with Crippen LogP contribution in [0.2, 0.25) is 0 Å². The minimum Gasteiger partial charge on any atom is -0.462 e. The molecular formula is C37H65NO2. The van der Waals surface area contributed by atoms with Gasteiger partial charge < -0.3 is 4.74 Å². The van der Waals surface area contributed by atoms with E-state index in [9.17, 15) is 10.1 Å². The Bertz CT molecular complexity index is 702. The van der Waals surface area contributed by atoms with Crippen LogP contribution in [0.1, 0.15) is 187 Å². The lowest BCUT2D eigenvalue weighted by Crippen LogP contribution is -2.34. The fourth-order valence-corrected chi connectivity index (χ4v) is 8.35. The summed E-state index contributed by atoms with van der Waals surface area (Å²) in [4.78, 5) is 13.0. The average molecular weight is 556 g/mol. The van der Waals surface area contributed by atoms with Gasteiger partial charge in [0.25, 0.3) is 0 Å². The summed E-state index contributed by atoms with van der Waals surface area (Å²) in [5.74, 6) is 2.93. The lowest BCUT2D eigenvalue weighted by molar-refractivity contribution is -0.158. The maximum Gasteiger partial charge on any atom is 0.309 e. The van der Waals surface area contributed by atoms with Crippen molar-refractivity contribution in [2.75, 3.05) is 0 Å². The van der Waals surface area contributed by atoms with Crippen molar-refractivity contribution in [2.45, 2.75) is 193 Å². The van der Waals surface area contributed by atoms with E-state index >= 15 is 0 Å². The number of esters is 1. The summed E-state index contributed by atoms with van der Waals surface area (Å²) in [6, 6.07) is 2.67. The molecule has 3 aliphatic carbocycles. The third kappa shape index (κ3) is 11.7. The quantitative estimate of drug-likeness (QED) is 0.125. The maximum atomic E-state index is 13.0. The first kappa shape index (κ1) is 33.5. The first-order valence-corrected chi connectivity index (χ1v) is 18.2. The van der Waals surface area contributed by atoms with Crippen molar-refractivity contribution in [3.63, 3.8) is 0 Å². The first-order valence-electron chi connectivity index (χ1n) is 18.2. The predicted molar refractivity (Wildman–Crippen MR) is 168 cm³/mol. The van der Waals surface area contributed by atoms with Crippen LogP contribution in [0.3, 0.4) is 0 Å². The van der Waals surface area contributed by atoms with E-state index < -0.39 is 0 Å². The molecule has 230 valence electrons. The van der Waals surface area contributed by atoms with Crippen LogP contribution in [0.25, 0.3) is 0 Å². The zero-order valence-electron chi connectivity index (χ0n) is 26.7. The zero-order chi connectivity index (χ0) is 28.5. The van der Waals surface area contributed by atoms with Crippen molar-refractivity contribution in [3.8, 4) is 6.07 Å². The van der Waals surface area contributed by atoms with E-state index in [1.165, 1.54) is 128 Å². The summed E-state index contributed by atoms with van der Waals surface area (Å²) in [5, 5.41) is 9.89. The van der Waals surface area contributed by atoms with Gasteiger partial charge in [-0.2, -0.15) is 5.26 Å². The number of ether oxygens (including phenoxy) is 1. The van der Waals surface area contributed by atoms with Crippen LogP contribution in [0.15, 0.2) is 0 Å². The van der Waals surface area contributed by atoms with Gasteiger partial charge in [0.15, 0.2) is 0 Å². The maximum absolute atomic E-state index is 13.0. The fraction of sp³-hybridized carbons (Fsp3) is 0.946. The highest BCUT2D eigenvalue weighted by Gasteiger charge is 2.38. The van der Waals surface area contributed by atoms with Gasteiger partial charge in [-0.05, 0) is 88.4 Å². The number of unbranched alkanes of at least 4 members (excludes halogenated alkanes) is 11.